The molecule has 3 N–H and O–H groups in total. The fourth-order valence-electron chi connectivity index (χ4n) is 1.41. The van der Waals surface area contributed by atoms with E-state index in [-0.39, 0.29) is 11.5 Å². The van der Waals surface area contributed by atoms with Crippen LogP contribution < -0.4 is 9.05 Å². The van der Waals surface area contributed by atoms with Gasteiger partial charge in [-0.2, -0.15) is 4.89 Å². The Hall–Kier alpha value is -2.23. The van der Waals surface area contributed by atoms with Crippen molar-refractivity contribution in [3.05, 3.63) is 60.9 Å². The van der Waals surface area contributed by atoms with Crippen LogP contribution in [0.4, 0.5) is 0 Å². The maximum Gasteiger partial charge on any atom is 0.524 e. The van der Waals surface area contributed by atoms with Gasteiger partial charge in [-0.25, -0.2) is 0 Å². The van der Waals surface area contributed by atoms with Crippen molar-refractivity contribution in [2.75, 3.05) is 0 Å². The monoisotopic (exact) mass is 293 g/mol. The molecule has 0 radical (unpaired) electrons. The molecule has 0 heterocycles. The first-order valence-corrected chi connectivity index (χ1v) is 7.38. The minimum absolute atomic E-state index is 0.0947. The molecular formula is C14H14O5P+. The van der Waals surface area contributed by atoms with Crippen molar-refractivity contribution in [2.45, 2.75) is 0 Å². The molecule has 2 aromatic rings. The zero-order valence-corrected chi connectivity index (χ0v) is 11.4. The SMILES string of the molecule is C=C[P+](O)(Oc1ccc(O)cc1)Oc1ccc(O)cc1. The zero-order valence-electron chi connectivity index (χ0n) is 10.5. The lowest BCUT2D eigenvalue weighted by Crippen LogP contribution is -2.05. The van der Waals surface area contributed by atoms with Gasteiger partial charge in [0.05, 0.1) is 0 Å². The molecule has 0 bridgehead atoms. The van der Waals surface area contributed by atoms with E-state index in [9.17, 15) is 15.1 Å². The van der Waals surface area contributed by atoms with Gasteiger partial charge in [-0.1, -0.05) is 6.58 Å². The highest BCUT2D eigenvalue weighted by Crippen LogP contribution is 2.57. The first kappa shape index (κ1) is 14.2. The Kier molecular flexibility index (Phi) is 4.13. The minimum Gasteiger partial charge on any atom is -0.508 e. The van der Waals surface area contributed by atoms with Crippen molar-refractivity contribution in [1.29, 1.82) is 0 Å². The van der Waals surface area contributed by atoms with Gasteiger partial charge in [0, 0.05) is 0 Å². The van der Waals surface area contributed by atoms with Crippen LogP contribution in [0.3, 0.4) is 0 Å². The van der Waals surface area contributed by atoms with Crippen LogP contribution in [0.5, 0.6) is 23.0 Å². The van der Waals surface area contributed by atoms with Crippen molar-refractivity contribution >= 4 is 7.94 Å². The van der Waals surface area contributed by atoms with E-state index in [2.05, 4.69) is 6.58 Å². The van der Waals surface area contributed by atoms with Gasteiger partial charge in [0.15, 0.2) is 17.3 Å². The molecular weight excluding hydrogens is 279 g/mol. The molecule has 20 heavy (non-hydrogen) atoms. The van der Waals surface area contributed by atoms with Crippen molar-refractivity contribution in [2.24, 2.45) is 0 Å². The number of phenols is 2. The smallest absolute Gasteiger partial charge is 0.508 e. The third-order valence-corrected chi connectivity index (χ3v) is 3.78. The van der Waals surface area contributed by atoms with Crippen LogP contribution >= 0.6 is 7.94 Å². The Labute approximate surface area is 116 Å². The molecule has 2 rings (SSSR count). The molecule has 0 fully saturated rings. The number of rotatable bonds is 5. The average Bonchev–Trinajstić information content (AvgIpc) is 2.44. The van der Waals surface area contributed by atoms with Crippen LogP contribution in [0.25, 0.3) is 0 Å². The summed E-state index contributed by atoms with van der Waals surface area (Å²) in [6.45, 7) is 3.51. The molecule has 2 aromatic carbocycles. The summed E-state index contributed by atoms with van der Waals surface area (Å²) in [4.78, 5) is 10.3. The molecule has 0 amide bonds. The summed E-state index contributed by atoms with van der Waals surface area (Å²) in [5.41, 5.74) is 0. The highest BCUT2D eigenvalue weighted by Gasteiger charge is 2.40. The van der Waals surface area contributed by atoms with E-state index in [0.717, 1.165) is 0 Å². The molecule has 0 spiro atoms. The Morgan fingerprint density at radius 1 is 0.800 bits per heavy atom. The summed E-state index contributed by atoms with van der Waals surface area (Å²) in [5, 5.41) is 18.4. The third-order valence-electron chi connectivity index (χ3n) is 2.38. The van der Waals surface area contributed by atoms with Gasteiger partial charge in [0.1, 0.15) is 11.5 Å². The van der Waals surface area contributed by atoms with Gasteiger partial charge < -0.3 is 10.2 Å². The highest BCUT2D eigenvalue weighted by molar-refractivity contribution is 7.64. The lowest BCUT2D eigenvalue weighted by molar-refractivity contribution is 0.360. The maximum atomic E-state index is 10.3. The van der Waals surface area contributed by atoms with E-state index in [1.807, 2.05) is 0 Å². The van der Waals surface area contributed by atoms with Gasteiger partial charge in [0.25, 0.3) is 0 Å². The van der Waals surface area contributed by atoms with E-state index in [1.54, 1.807) is 0 Å². The van der Waals surface area contributed by atoms with Crippen LogP contribution in [0.1, 0.15) is 0 Å². The second-order valence-electron chi connectivity index (χ2n) is 3.92. The summed E-state index contributed by atoms with van der Waals surface area (Å²) >= 11 is 0. The molecule has 0 aliphatic heterocycles. The number of aromatic hydroxyl groups is 2. The Morgan fingerprint density at radius 3 is 1.45 bits per heavy atom. The van der Waals surface area contributed by atoms with Crippen molar-refractivity contribution < 1.29 is 24.2 Å². The molecule has 104 valence electrons. The summed E-state index contributed by atoms with van der Waals surface area (Å²) in [6.07, 6.45) is 0. The van der Waals surface area contributed by atoms with Gasteiger partial charge in [-0.15, -0.1) is 0 Å². The molecule has 0 saturated heterocycles. The topological polar surface area (TPSA) is 79.2 Å². The molecule has 6 heteroatoms. The third kappa shape index (κ3) is 3.63. The predicted octanol–water partition coefficient (Wildman–Crippen LogP) is 3.45. The lowest BCUT2D eigenvalue weighted by atomic mass is 10.3. The minimum atomic E-state index is -3.32. The molecule has 0 saturated carbocycles. The second kappa shape index (κ2) is 5.82. The van der Waals surface area contributed by atoms with Gasteiger partial charge in [-0.05, 0) is 48.5 Å². The normalized spacial score (nSPS) is 10.8. The lowest BCUT2D eigenvalue weighted by Gasteiger charge is -2.14. The summed E-state index contributed by atoms with van der Waals surface area (Å²) < 4.78 is 10.8. The van der Waals surface area contributed by atoms with Crippen LogP contribution in [0.15, 0.2) is 60.9 Å². The number of hydrogen-bond acceptors (Lipinski definition) is 5. The fraction of sp³-hybridized carbons (Fsp3) is 0. The number of phenolic OH excluding ortho intramolecular Hbond substituents is 2. The molecule has 5 nitrogen and oxygen atoms in total. The summed E-state index contributed by atoms with van der Waals surface area (Å²) in [6, 6.07) is 11.8. The first-order chi connectivity index (χ1) is 9.50. The summed E-state index contributed by atoms with van der Waals surface area (Å²) in [7, 11) is -3.32. The largest absolute Gasteiger partial charge is 0.524 e. The van der Waals surface area contributed by atoms with Gasteiger partial charge in [0.2, 0.25) is 0 Å². The maximum absolute atomic E-state index is 10.3. The van der Waals surface area contributed by atoms with Gasteiger partial charge >= 0.3 is 7.94 Å². The number of hydrogen-bond donors (Lipinski definition) is 3. The Bertz CT molecular complexity index is 532. The van der Waals surface area contributed by atoms with Crippen molar-refractivity contribution in [1.82, 2.24) is 0 Å². The average molecular weight is 293 g/mol. The molecule has 0 aromatic heterocycles. The van der Waals surface area contributed by atoms with Crippen molar-refractivity contribution in [3.8, 4) is 23.0 Å². The first-order valence-electron chi connectivity index (χ1n) is 5.73. The van der Waals surface area contributed by atoms with Crippen LogP contribution in [0, 0.1) is 0 Å². The zero-order chi connectivity index (χ0) is 14.6. The predicted molar refractivity (Wildman–Crippen MR) is 76.8 cm³/mol. The van der Waals surface area contributed by atoms with E-state index in [1.165, 1.54) is 54.3 Å². The molecule has 0 aliphatic rings. The highest BCUT2D eigenvalue weighted by atomic mass is 31.2. The van der Waals surface area contributed by atoms with Crippen LogP contribution in [-0.2, 0) is 0 Å². The van der Waals surface area contributed by atoms with E-state index in [4.69, 9.17) is 9.05 Å². The Morgan fingerprint density at radius 2 is 1.15 bits per heavy atom. The van der Waals surface area contributed by atoms with Crippen LogP contribution in [0.2, 0.25) is 0 Å². The molecule has 0 atom stereocenters. The fourth-order valence-corrected chi connectivity index (χ4v) is 2.44. The quantitative estimate of drug-likeness (QED) is 0.736. The van der Waals surface area contributed by atoms with E-state index < -0.39 is 7.94 Å². The van der Waals surface area contributed by atoms with E-state index in [0.29, 0.717) is 11.5 Å². The molecule has 0 unspecified atom stereocenters. The molecule has 0 aliphatic carbocycles. The number of benzene rings is 2. The van der Waals surface area contributed by atoms with Gasteiger partial charge in [-0.3, -0.25) is 9.05 Å². The van der Waals surface area contributed by atoms with Crippen molar-refractivity contribution in [3.63, 3.8) is 0 Å². The van der Waals surface area contributed by atoms with Crippen LogP contribution in [-0.4, -0.2) is 15.1 Å². The Balaban J connectivity index is 2.14. The van der Waals surface area contributed by atoms with E-state index >= 15 is 0 Å². The second-order valence-corrected chi connectivity index (χ2v) is 5.78. The standard InChI is InChI=1S/C14H13O5P/c1-2-20(17,18-13-7-3-11(15)4-8-13)19-14-9-5-12(16)6-10-14/h2-10,17H,1H2,(H-,15,16)/p+1. The summed E-state index contributed by atoms with van der Waals surface area (Å²) in [5.74, 6) is 2.08.